The number of furan rings is 1. The molecule has 3 heterocycles. The number of rotatable bonds is 1. The first-order valence-electron chi connectivity index (χ1n) is 5.92. The first-order chi connectivity index (χ1) is 7.86. The maximum absolute atomic E-state index is 11.8. The largest absolute Gasteiger partial charge is 0.468 e. The van der Waals surface area contributed by atoms with Gasteiger partial charge in [0.15, 0.2) is 0 Å². The molecule has 1 aromatic rings. The van der Waals surface area contributed by atoms with E-state index in [0.29, 0.717) is 6.54 Å². The summed E-state index contributed by atoms with van der Waals surface area (Å²) < 4.78 is 5.46. The molecule has 86 valence electrons. The SMILES string of the molecule is O=C1CNC(c2ccco2)C2CCCCN12. The van der Waals surface area contributed by atoms with E-state index >= 15 is 0 Å². The number of carbonyl (C=O) groups is 1. The van der Waals surface area contributed by atoms with Crippen LogP contribution in [0.25, 0.3) is 0 Å². The minimum Gasteiger partial charge on any atom is -0.468 e. The molecule has 2 atom stereocenters. The zero-order valence-electron chi connectivity index (χ0n) is 9.19. The molecule has 3 rings (SSSR count). The van der Waals surface area contributed by atoms with Crippen LogP contribution in [-0.2, 0) is 4.79 Å². The molecule has 0 aromatic carbocycles. The molecule has 0 bridgehead atoms. The fraction of sp³-hybridized carbons (Fsp3) is 0.583. The second-order valence-corrected chi connectivity index (χ2v) is 4.52. The zero-order chi connectivity index (χ0) is 11.0. The minimum absolute atomic E-state index is 0.174. The van der Waals surface area contributed by atoms with Gasteiger partial charge in [0.1, 0.15) is 5.76 Å². The normalized spacial score (nSPS) is 30.2. The molecular weight excluding hydrogens is 204 g/mol. The fourth-order valence-corrected chi connectivity index (χ4v) is 2.81. The van der Waals surface area contributed by atoms with Crippen LogP contribution >= 0.6 is 0 Å². The number of piperidine rings is 1. The van der Waals surface area contributed by atoms with Crippen molar-refractivity contribution >= 4 is 5.91 Å². The molecule has 2 saturated heterocycles. The smallest absolute Gasteiger partial charge is 0.236 e. The third-order valence-corrected chi connectivity index (χ3v) is 3.58. The van der Waals surface area contributed by atoms with E-state index in [-0.39, 0.29) is 18.0 Å². The van der Waals surface area contributed by atoms with Crippen molar-refractivity contribution < 1.29 is 9.21 Å². The number of hydrogen-bond acceptors (Lipinski definition) is 3. The van der Waals surface area contributed by atoms with Crippen molar-refractivity contribution in [2.24, 2.45) is 0 Å². The summed E-state index contributed by atoms with van der Waals surface area (Å²) in [5.74, 6) is 1.18. The Hall–Kier alpha value is -1.29. The van der Waals surface area contributed by atoms with Crippen LogP contribution in [0.3, 0.4) is 0 Å². The van der Waals surface area contributed by atoms with Crippen LogP contribution in [0.5, 0.6) is 0 Å². The van der Waals surface area contributed by atoms with Crippen LogP contribution in [-0.4, -0.2) is 29.9 Å². The van der Waals surface area contributed by atoms with Crippen LogP contribution in [0.1, 0.15) is 31.1 Å². The lowest BCUT2D eigenvalue weighted by molar-refractivity contribution is -0.138. The Bertz CT molecular complexity index is 374. The van der Waals surface area contributed by atoms with Gasteiger partial charge in [-0.2, -0.15) is 0 Å². The van der Waals surface area contributed by atoms with Gasteiger partial charge in [-0.05, 0) is 31.4 Å². The Balaban J connectivity index is 1.87. The Morgan fingerprint density at radius 3 is 3.19 bits per heavy atom. The van der Waals surface area contributed by atoms with Crippen LogP contribution in [0, 0.1) is 0 Å². The van der Waals surface area contributed by atoms with Gasteiger partial charge in [0.2, 0.25) is 5.91 Å². The van der Waals surface area contributed by atoms with Crippen LogP contribution < -0.4 is 5.32 Å². The summed E-state index contributed by atoms with van der Waals surface area (Å²) in [5, 5.41) is 3.29. The van der Waals surface area contributed by atoms with Crippen molar-refractivity contribution in [3.8, 4) is 0 Å². The highest BCUT2D eigenvalue weighted by atomic mass is 16.3. The van der Waals surface area contributed by atoms with Crippen molar-refractivity contribution in [2.75, 3.05) is 13.1 Å². The quantitative estimate of drug-likeness (QED) is 0.776. The van der Waals surface area contributed by atoms with E-state index in [9.17, 15) is 4.79 Å². The fourth-order valence-electron chi connectivity index (χ4n) is 2.81. The molecule has 0 saturated carbocycles. The number of nitrogens with zero attached hydrogens (tertiary/aromatic N) is 1. The molecule has 0 aliphatic carbocycles. The number of fused-ring (bicyclic) bond motifs is 1. The van der Waals surface area contributed by atoms with Crippen molar-refractivity contribution in [1.82, 2.24) is 10.2 Å². The summed E-state index contributed by atoms with van der Waals surface area (Å²) in [6, 6.07) is 4.34. The molecule has 16 heavy (non-hydrogen) atoms. The summed E-state index contributed by atoms with van der Waals surface area (Å²) in [6.45, 7) is 1.34. The molecule has 2 aliphatic rings. The summed E-state index contributed by atoms with van der Waals surface area (Å²) in [7, 11) is 0. The lowest BCUT2D eigenvalue weighted by Gasteiger charge is -2.43. The van der Waals surface area contributed by atoms with E-state index in [1.807, 2.05) is 17.0 Å². The summed E-state index contributed by atoms with van der Waals surface area (Å²) in [6.07, 6.45) is 5.10. The molecule has 2 unspecified atom stereocenters. The minimum atomic E-state index is 0.174. The molecule has 1 N–H and O–H groups in total. The Morgan fingerprint density at radius 2 is 2.38 bits per heavy atom. The van der Waals surface area contributed by atoms with Crippen LogP contribution in [0.4, 0.5) is 0 Å². The first kappa shape index (κ1) is 9.90. The first-order valence-corrected chi connectivity index (χ1v) is 5.92. The number of hydrogen-bond donors (Lipinski definition) is 1. The Labute approximate surface area is 94.6 Å². The third kappa shape index (κ3) is 1.53. The van der Waals surface area contributed by atoms with Gasteiger partial charge in [-0.15, -0.1) is 0 Å². The zero-order valence-corrected chi connectivity index (χ0v) is 9.19. The van der Waals surface area contributed by atoms with Crippen molar-refractivity contribution in [3.05, 3.63) is 24.2 Å². The molecule has 2 fully saturated rings. The van der Waals surface area contributed by atoms with Gasteiger partial charge >= 0.3 is 0 Å². The lowest BCUT2D eigenvalue weighted by atomic mass is 9.92. The van der Waals surface area contributed by atoms with Gasteiger partial charge in [-0.3, -0.25) is 10.1 Å². The molecule has 4 nitrogen and oxygen atoms in total. The van der Waals surface area contributed by atoms with E-state index in [2.05, 4.69) is 5.32 Å². The average molecular weight is 220 g/mol. The molecule has 2 aliphatic heterocycles. The van der Waals surface area contributed by atoms with Crippen molar-refractivity contribution in [2.45, 2.75) is 31.3 Å². The highest BCUT2D eigenvalue weighted by molar-refractivity contribution is 5.79. The van der Waals surface area contributed by atoms with E-state index < -0.39 is 0 Å². The Morgan fingerprint density at radius 1 is 1.44 bits per heavy atom. The summed E-state index contributed by atoms with van der Waals surface area (Å²) in [4.78, 5) is 13.8. The number of piperazine rings is 1. The molecule has 0 spiro atoms. The number of amides is 1. The van der Waals surface area contributed by atoms with E-state index in [4.69, 9.17) is 4.42 Å². The van der Waals surface area contributed by atoms with Gasteiger partial charge < -0.3 is 9.32 Å². The standard InChI is InChI=1S/C12H16N2O2/c15-11-8-13-12(10-5-3-7-16-10)9-4-1-2-6-14(9)11/h3,5,7,9,12-13H,1-2,4,6,8H2. The average Bonchev–Trinajstić information content (AvgIpc) is 2.83. The van der Waals surface area contributed by atoms with Gasteiger partial charge in [0.25, 0.3) is 0 Å². The van der Waals surface area contributed by atoms with Gasteiger partial charge in [0.05, 0.1) is 24.9 Å². The maximum Gasteiger partial charge on any atom is 0.236 e. The molecule has 1 amide bonds. The molecule has 4 heteroatoms. The highest BCUT2D eigenvalue weighted by Crippen LogP contribution is 2.31. The second-order valence-electron chi connectivity index (χ2n) is 4.52. The van der Waals surface area contributed by atoms with E-state index in [1.54, 1.807) is 6.26 Å². The molecule has 1 aromatic heterocycles. The van der Waals surface area contributed by atoms with Crippen LogP contribution in [0.2, 0.25) is 0 Å². The molecule has 0 radical (unpaired) electrons. The predicted molar refractivity (Wildman–Crippen MR) is 58.8 cm³/mol. The van der Waals surface area contributed by atoms with Gasteiger partial charge in [-0.1, -0.05) is 0 Å². The summed E-state index contributed by atoms with van der Waals surface area (Å²) >= 11 is 0. The number of nitrogens with one attached hydrogen (secondary N) is 1. The maximum atomic E-state index is 11.8. The molecular formula is C12H16N2O2. The third-order valence-electron chi connectivity index (χ3n) is 3.58. The topological polar surface area (TPSA) is 45.5 Å². The van der Waals surface area contributed by atoms with Gasteiger partial charge in [-0.25, -0.2) is 0 Å². The van der Waals surface area contributed by atoms with Crippen molar-refractivity contribution in [3.63, 3.8) is 0 Å². The van der Waals surface area contributed by atoms with E-state index in [1.165, 1.54) is 6.42 Å². The predicted octanol–water partition coefficient (Wildman–Crippen LogP) is 1.31. The highest BCUT2D eigenvalue weighted by Gasteiger charge is 2.38. The van der Waals surface area contributed by atoms with Crippen LogP contribution in [0.15, 0.2) is 22.8 Å². The van der Waals surface area contributed by atoms with Gasteiger partial charge in [0, 0.05) is 6.54 Å². The van der Waals surface area contributed by atoms with Crippen molar-refractivity contribution in [1.29, 1.82) is 0 Å². The monoisotopic (exact) mass is 220 g/mol. The Kier molecular flexibility index (Phi) is 2.44. The number of carbonyl (C=O) groups excluding carboxylic acids is 1. The summed E-state index contributed by atoms with van der Waals surface area (Å²) in [5.41, 5.74) is 0. The lowest BCUT2D eigenvalue weighted by Crippen LogP contribution is -2.57. The van der Waals surface area contributed by atoms with E-state index in [0.717, 1.165) is 25.1 Å². The second kappa shape index (κ2) is 3.94.